The van der Waals surface area contributed by atoms with Crippen molar-refractivity contribution in [3.05, 3.63) is 59.2 Å². The summed E-state index contributed by atoms with van der Waals surface area (Å²) in [5.41, 5.74) is 2.41. The van der Waals surface area contributed by atoms with Gasteiger partial charge in [0, 0.05) is 12.1 Å². The number of amides is 4. The van der Waals surface area contributed by atoms with Crippen molar-refractivity contribution in [3.63, 3.8) is 0 Å². The number of hydrogen-bond donors (Lipinski definition) is 0. The van der Waals surface area contributed by atoms with Crippen LogP contribution in [-0.4, -0.2) is 64.4 Å². The van der Waals surface area contributed by atoms with Crippen LogP contribution in [0.4, 0.5) is 0 Å². The molecule has 0 spiro atoms. The number of ketones is 1. The minimum atomic E-state index is -1.16. The van der Waals surface area contributed by atoms with Crippen molar-refractivity contribution in [3.8, 4) is 0 Å². The van der Waals surface area contributed by atoms with Gasteiger partial charge in [0.15, 0.2) is 12.4 Å². The molecule has 9 atom stereocenters. The Balaban J connectivity index is 1.02. The molecule has 1 aromatic rings. The Kier molecular flexibility index (Phi) is 6.74. The molecular formula is C34H36N2O7. The number of aryl methyl sites for hydroxylation is 2. The van der Waals surface area contributed by atoms with Crippen LogP contribution in [0.15, 0.2) is 42.5 Å². The number of carbonyl (C=O) groups excluding carboxylic acids is 6. The fraction of sp³-hybridized carbons (Fsp3) is 0.529. The lowest BCUT2D eigenvalue weighted by Gasteiger charge is -2.26. The number of fused-ring (bicyclic) bond motifs is 10. The van der Waals surface area contributed by atoms with E-state index in [-0.39, 0.29) is 77.9 Å². The number of esters is 1. The molecule has 2 aliphatic heterocycles. The van der Waals surface area contributed by atoms with Crippen LogP contribution < -0.4 is 0 Å². The van der Waals surface area contributed by atoms with Crippen LogP contribution in [0.1, 0.15) is 53.6 Å². The third-order valence-electron chi connectivity index (χ3n) is 10.9. The summed E-state index contributed by atoms with van der Waals surface area (Å²) >= 11 is 0. The number of unbranched alkanes of at least 4 members (excludes halogenated alkanes) is 1. The number of ether oxygens (including phenoxy) is 1. The number of nitrogens with zero attached hydrogens (tertiary/aromatic N) is 2. The maximum atomic E-state index is 13.6. The van der Waals surface area contributed by atoms with E-state index in [4.69, 9.17) is 4.74 Å². The van der Waals surface area contributed by atoms with E-state index in [1.165, 1.54) is 4.90 Å². The van der Waals surface area contributed by atoms with E-state index in [1.807, 2.05) is 32.1 Å². The molecule has 1 aromatic carbocycles. The zero-order chi connectivity index (χ0) is 30.2. The number of likely N-dealkylation sites (tertiary alicyclic amines) is 2. The molecule has 224 valence electrons. The van der Waals surface area contributed by atoms with E-state index < -0.39 is 30.5 Å². The number of imide groups is 2. The molecule has 2 saturated heterocycles. The maximum absolute atomic E-state index is 13.6. The van der Waals surface area contributed by atoms with Crippen molar-refractivity contribution in [1.82, 2.24) is 9.80 Å². The fourth-order valence-corrected chi connectivity index (χ4v) is 8.61. The number of benzene rings is 1. The molecule has 0 unspecified atom stereocenters. The predicted molar refractivity (Wildman–Crippen MR) is 153 cm³/mol. The summed E-state index contributed by atoms with van der Waals surface area (Å²) in [6.45, 7) is 3.58. The van der Waals surface area contributed by atoms with Crippen molar-refractivity contribution in [2.75, 3.05) is 13.2 Å². The summed E-state index contributed by atoms with van der Waals surface area (Å²) in [5, 5.41) is 0. The van der Waals surface area contributed by atoms with Crippen LogP contribution in [0.5, 0.6) is 0 Å². The molecule has 0 radical (unpaired) electrons. The minimum absolute atomic E-state index is 0.00380. The molecule has 9 nitrogen and oxygen atoms in total. The van der Waals surface area contributed by atoms with Gasteiger partial charge in [-0.15, -0.1) is 0 Å². The highest BCUT2D eigenvalue weighted by Crippen LogP contribution is 2.54. The molecule has 2 saturated carbocycles. The molecule has 4 amide bonds. The average molecular weight is 585 g/mol. The van der Waals surface area contributed by atoms with Gasteiger partial charge in [-0.3, -0.25) is 33.8 Å². The molecule has 43 heavy (non-hydrogen) atoms. The third kappa shape index (κ3) is 4.33. The molecule has 4 fully saturated rings. The number of carbonyl (C=O) groups is 6. The smallest absolute Gasteiger partial charge is 0.329 e. The van der Waals surface area contributed by atoms with Crippen molar-refractivity contribution in [2.24, 2.45) is 47.3 Å². The Morgan fingerprint density at radius 2 is 1.30 bits per heavy atom. The van der Waals surface area contributed by atoms with E-state index in [9.17, 15) is 28.8 Å². The summed E-state index contributed by atoms with van der Waals surface area (Å²) < 4.78 is 5.46. The van der Waals surface area contributed by atoms with Gasteiger partial charge in [0.05, 0.1) is 23.7 Å². The third-order valence-corrected chi connectivity index (χ3v) is 10.9. The van der Waals surface area contributed by atoms with Crippen LogP contribution in [0.2, 0.25) is 0 Å². The minimum Gasteiger partial charge on any atom is -0.456 e. The normalized spacial score (nSPS) is 33.6. The summed E-state index contributed by atoms with van der Waals surface area (Å²) in [6.07, 6.45) is 10.7. The number of rotatable bonds is 10. The second-order valence-corrected chi connectivity index (χ2v) is 13.2. The highest BCUT2D eigenvalue weighted by molar-refractivity contribution is 6.09. The largest absolute Gasteiger partial charge is 0.456 e. The van der Waals surface area contributed by atoms with Crippen LogP contribution in [0, 0.1) is 61.2 Å². The van der Waals surface area contributed by atoms with Crippen LogP contribution >= 0.6 is 0 Å². The van der Waals surface area contributed by atoms with E-state index in [2.05, 4.69) is 12.2 Å². The summed E-state index contributed by atoms with van der Waals surface area (Å²) in [6, 6.07) is 4.10. The lowest BCUT2D eigenvalue weighted by Crippen LogP contribution is -2.47. The van der Waals surface area contributed by atoms with E-state index in [0.717, 1.165) is 28.9 Å². The first-order valence-corrected chi connectivity index (χ1v) is 15.5. The Morgan fingerprint density at radius 3 is 1.84 bits per heavy atom. The molecule has 4 bridgehead atoms. The monoisotopic (exact) mass is 584 g/mol. The zero-order valence-corrected chi connectivity index (χ0v) is 24.4. The quantitative estimate of drug-likeness (QED) is 0.136. The number of allylic oxidation sites excluding steroid dienone is 4. The second-order valence-electron chi connectivity index (χ2n) is 13.2. The van der Waals surface area contributed by atoms with E-state index in [1.54, 1.807) is 12.1 Å². The Hall–Kier alpha value is -3.88. The summed E-state index contributed by atoms with van der Waals surface area (Å²) in [5.74, 6) is -3.27. The van der Waals surface area contributed by atoms with E-state index in [0.29, 0.717) is 18.4 Å². The topological polar surface area (TPSA) is 118 Å². The molecule has 0 aromatic heterocycles. The lowest BCUT2D eigenvalue weighted by atomic mass is 9.85. The molecule has 7 rings (SSSR count). The van der Waals surface area contributed by atoms with E-state index >= 15 is 0 Å². The van der Waals surface area contributed by atoms with Gasteiger partial charge in [0.1, 0.15) is 6.04 Å². The average Bonchev–Trinajstić information content (AvgIpc) is 3.84. The van der Waals surface area contributed by atoms with Crippen molar-refractivity contribution < 1.29 is 33.5 Å². The van der Waals surface area contributed by atoms with Gasteiger partial charge in [0.2, 0.25) is 23.6 Å². The van der Waals surface area contributed by atoms with Crippen LogP contribution in [-0.2, 0) is 28.7 Å². The molecule has 4 aliphatic carbocycles. The van der Waals surface area contributed by atoms with Gasteiger partial charge >= 0.3 is 5.97 Å². The maximum Gasteiger partial charge on any atom is 0.329 e. The van der Waals surface area contributed by atoms with Gasteiger partial charge < -0.3 is 4.74 Å². The highest BCUT2D eigenvalue weighted by atomic mass is 16.5. The van der Waals surface area contributed by atoms with Gasteiger partial charge in [0.25, 0.3) is 0 Å². The Bertz CT molecular complexity index is 1450. The first-order valence-electron chi connectivity index (χ1n) is 15.5. The summed E-state index contributed by atoms with van der Waals surface area (Å²) in [7, 11) is 0. The zero-order valence-electron chi connectivity index (χ0n) is 24.4. The van der Waals surface area contributed by atoms with Crippen LogP contribution in [0.25, 0.3) is 0 Å². The fourth-order valence-electron chi connectivity index (χ4n) is 8.61. The highest BCUT2D eigenvalue weighted by Gasteiger charge is 2.61. The van der Waals surface area contributed by atoms with Gasteiger partial charge in [-0.05, 0) is 86.8 Å². The van der Waals surface area contributed by atoms with Crippen molar-refractivity contribution in [1.29, 1.82) is 0 Å². The first kappa shape index (κ1) is 27.9. The number of hydrogen-bond acceptors (Lipinski definition) is 7. The Morgan fingerprint density at radius 1 is 0.767 bits per heavy atom. The van der Waals surface area contributed by atoms with Crippen LogP contribution in [0.3, 0.4) is 0 Å². The lowest BCUT2D eigenvalue weighted by molar-refractivity contribution is -0.159. The Labute approximate surface area is 250 Å². The summed E-state index contributed by atoms with van der Waals surface area (Å²) in [4.78, 5) is 82.0. The molecule has 9 heteroatoms. The van der Waals surface area contributed by atoms with Crippen molar-refractivity contribution >= 4 is 35.4 Å². The standard InChI is InChI=1S/C34H36N2O7/c1-17-6-7-19(13-18(17)2)25(37)16-43-34(42)24(36-32(40)28-22-10-11-23(15-22)29(28)33(36)41)5-3-4-12-35-30(38)26-20-8-9-21(14-20)27(26)31(35)39/h6-11,13,20-24,26-29H,3-5,12,14-16H2,1-2H3/t20-,21-,22-,23-,24-,26-,27+,28-,29+/m0/s1. The number of Topliss-reactive ketones (excluding diaryl/α,β-unsaturated/α-hetero) is 1. The van der Waals surface area contributed by atoms with Gasteiger partial charge in [-0.2, -0.15) is 0 Å². The molecular weight excluding hydrogens is 548 g/mol. The predicted octanol–water partition coefficient (Wildman–Crippen LogP) is 3.18. The van der Waals surface area contributed by atoms with Gasteiger partial charge in [-0.1, -0.05) is 36.4 Å². The SMILES string of the molecule is Cc1ccc(C(=O)COC(=O)[C@H](CCCCN2C(=O)[C@@H]3[C@H](C2=O)[C@H]2C=C[C@H]3C2)N2C(=O)[C@@H]3[C@H](C2=O)[C@H]2C=C[C@H]3C2)cc1C. The van der Waals surface area contributed by atoms with Gasteiger partial charge in [-0.25, -0.2) is 4.79 Å². The molecule has 0 N–H and O–H groups in total. The first-order chi connectivity index (χ1) is 20.7. The van der Waals surface area contributed by atoms with Crippen molar-refractivity contribution in [2.45, 2.75) is 52.0 Å². The molecule has 6 aliphatic rings. The second kappa shape index (κ2) is 10.4. The molecule has 2 heterocycles.